The molecule has 0 radical (unpaired) electrons. The number of hydrogen-bond donors (Lipinski definition) is 0. The fourth-order valence-corrected chi connectivity index (χ4v) is 3.06. The maximum atomic E-state index is 12.0. The predicted octanol–water partition coefficient (Wildman–Crippen LogP) is 2.80. The van der Waals surface area contributed by atoms with Gasteiger partial charge in [0, 0.05) is 0 Å². The minimum absolute atomic E-state index is 0.0258. The molecular formula is C17H20O5S. The Morgan fingerprint density at radius 2 is 1.48 bits per heavy atom. The van der Waals surface area contributed by atoms with Crippen molar-refractivity contribution in [1.82, 2.24) is 0 Å². The van der Waals surface area contributed by atoms with Crippen LogP contribution in [-0.4, -0.2) is 34.8 Å². The molecule has 2 aromatic carbocycles. The lowest BCUT2D eigenvalue weighted by molar-refractivity contribution is 0.0779. The molecule has 124 valence electrons. The highest BCUT2D eigenvalue weighted by Gasteiger charge is 2.16. The summed E-state index contributed by atoms with van der Waals surface area (Å²) in [6.07, 6.45) is 0. The summed E-state index contributed by atoms with van der Waals surface area (Å²) in [4.78, 5) is 0.187. The van der Waals surface area contributed by atoms with Crippen LogP contribution in [0, 0.1) is 6.92 Å². The Labute approximate surface area is 136 Å². The Bertz CT molecular complexity index is 698. The molecule has 0 aliphatic heterocycles. The third kappa shape index (κ3) is 5.67. The van der Waals surface area contributed by atoms with Crippen molar-refractivity contribution in [3.8, 4) is 5.75 Å². The normalized spacial score (nSPS) is 11.3. The van der Waals surface area contributed by atoms with Crippen LogP contribution < -0.4 is 4.74 Å². The van der Waals surface area contributed by atoms with Crippen LogP contribution in [0.4, 0.5) is 0 Å². The highest BCUT2D eigenvalue weighted by atomic mass is 32.2. The van der Waals surface area contributed by atoms with Crippen LogP contribution in [0.2, 0.25) is 0 Å². The number of ether oxygens (including phenoxy) is 2. The zero-order valence-electron chi connectivity index (χ0n) is 13.0. The summed E-state index contributed by atoms with van der Waals surface area (Å²) in [6.45, 7) is 2.65. The van der Waals surface area contributed by atoms with E-state index in [1.54, 1.807) is 25.1 Å². The van der Waals surface area contributed by atoms with Crippen LogP contribution in [0.3, 0.4) is 0 Å². The third-order valence-corrected chi connectivity index (χ3v) is 4.54. The van der Waals surface area contributed by atoms with Gasteiger partial charge in [-0.05, 0) is 30.7 Å². The first-order valence-electron chi connectivity index (χ1n) is 7.30. The first kappa shape index (κ1) is 17.5. The molecule has 0 bridgehead atoms. The minimum Gasteiger partial charge on any atom is -0.491 e. The second kappa shape index (κ2) is 8.67. The molecule has 2 rings (SSSR count). The van der Waals surface area contributed by atoms with Gasteiger partial charge in [0.05, 0.1) is 24.7 Å². The zero-order chi connectivity index (χ0) is 16.5. The summed E-state index contributed by atoms with van der Waals surface area (Å²) in [6, 6.07) is 16.1. The molecule has 0 aliphatic rings. The molecule has 0 spiro atoms. The van der Waals surface area contributed by atoms with Crippen LogP contribution >= 0.6 is 0 Å². The summed E-state index contributed by atoms with van der Waals surface area (Å²) < 4.78 is 39.8. The van der Waals surface area contributed by atoms with Crippen LogP contribution in [0.1, 0.15) is 5.56 Å². The Morgan fingerprint density at radius 3 is 2.22 bits per heavy atom. The second-order valence-corrected chi connectivity index (χ2v) is 6.40. The van der Waals surface area contributed by atoms with Gasteiger partial charge < -0.3 is 9.47 Å². The van der Waals surface area contributed by atoms with E-state index < -0.39 is 10.1 Å². The van der Waals surface area contributed by atoms with Crippen LogP contribution in [-0.2, 0) is 19.0 Å². The van der Waals surface area contributed by atoms with Crippen molar-refractivity contribution in [3.63, 3.8) is 0 Å². The van der Waals surface area contributed by atoms with Gasteiger partial charge in [0.25, 0.3) is 10.1 Å². The number of para-hydroxylation sites is 1. The molecule has 0 aromatic heterocycles. The van der Waals surface area contributed by atoms with E-state index in [2.05, 4.69) is 0 Å². The molecule has 0 aliphatic carbocycles. The summed E-state index contributed by atoms with van der Waals surface area (Å²) >= 11 is 0. The molecule has 2 aromatic rings. The Morgan fingerprint density at radius 1 is 0.826 bits per heavy atom. The van der Waals surface area contributed by atoms with Gasteiger partial charge in [0.1, 0.15) is 12.4 Å². The minimum atomic E-state index is -3.74. The summed E-state index contributed by atoms with van der Waals surface area (Å²) in [5.41, 5.74) is 0.657. The van der Waals surface area contributed by atoms with Crippen molar-refractivity contribution in [2.75, 3.05) is 26.4 Å². The van der Waals surface area contributed by atoms with Gasteiger partial charge in [-0.2, -0.15) is 8.42 Å². The Balaban J connectivity index is 1.64. The molecule has 0 N–H and O–H groups in total. The topological polar surface area (TPSA) is 61.8 Å². The average molecular weight is 336 g/mol. The van der Waals surface area contributed by atoms with Crippen molar-refractivity contribution < 1.29 is 22.1 Å². The average Bonchev–Trinajstić information content (AvgIpc) is 2.55. The van der Waals surface area contributed by atoms with Crippen LogP contribution in [0.5, 0.6) is 5.75 Å². The monoisotopic (exact) mass is 336 g/mol. The number of hydrogen-bond acceptors (Lipinski definition) is 5. The molecule has 0 heterocycles. The van der Waals surface area contributed by atoms with Crippen molar-refractivity contribution in [2.45, 2.75) is 11.8 Å². The lowest BCUT2D eigenvalue weighted by Crippen LogP contribution is -2.14. The highest BCUT2D eigenvalue weighted by Crippen LogP contribution is 2.16. The van der Waals surface area contributed by atoms with E-state index in [4.69, 9.17) is 13.7 Å². The quantitative estimate of drug-likeness (QED) is 0.520. The molecule has 23 heavy (non-hydrogen) atoms. The number of benzene rings is 2. The highest BCUT2D eigenvalue weighted by molar-refractivity contribution is 7.86. The smallest absolute Gasteiger partial charge is 0.297 e. The van der Waals surface area contributed by atoms with E-state index in [-0.39, 0.29) is 18.1 Å². The summed E-state index contributed by atoms with van der Waals surface area (Å²) in [7, 11) is -3.74. The first-order chi connectivity index (χ1) is 11.1. The Hall–Kier alpha value is -1.89. The van der Waals surface area contributed by atoms with Gasteiger partial charge >= 0.3 is 0 Å². The van der Waals surface area contributed by atoms with E-state index in [1.807, 2.05) is 30.3 Å². The number of aryl methyl sites for hydroxylation is 1. The van der Waals surface area contributed by atoms with E-state index in [0.29, 0.717) is 18.8 Å². The van der Waals surface area contributed by atoms with Gasteiger partial charge in [0.2, 0.25) is 0 Å². The summed E-state index contributed by atoms with van der Waals surface area (Å²) in [5, 5.41) is 0. The second-order valence-electron chi connectivity index (χ2n) is 4.82. The van der Waals surface area contributed by atoms with E-state index in [0.717, 1.165) is 5.75 Å². The van der Waals surface area contributed by atoms with Crippen molar-refractivity contribution in [2.24, 2.45) is 0 Å². The third-order valence-electron chi connectivity index (χ3n) is 3.07. The standard InChI is InChI=1S/C17H20O5S/c1-15-7-5-6-10-17(15)23(18,19)22-14-12-20-11-13-21-16-8-3-2-4-9-16/h2-10H,11-14H2,1H3. The molecule has 0 saturated heterocycles. The largest absolute Gasteiger partial charge is 0.491 e. The van der Waals surface area contributed by atoms with E-state index in [1.165, 1.54) is 6.07 Å². The predicted molar refractivity (Wildman–Crippen MR) is 87.1 cm³/mol. The molecule has 0 atom stereocenters. The maximum absolute atomic E-state index is 12.0. The van der Waals surface area contributed by atoms with Crippen molar-refractivity contribution >= 4 is 10.1 Å². The van der Waals surface area contributed by atoms with Crippen LogP contribution in [0.25, 0.3) is 0 Å². The molecule has 5 nitrogen and oxygen atoms in total. The fourth-order valence-electron chi connectivity index (χ4n) is 1.94. The summed E-state index contributed by atoms with van der Waals surface area (Å²) in [5.74, 6) is 0.773. The van der Waals surface area contributed by atoms with Crippen molar-refractivity contribution in [1.29, 1.82) is 0 Å². The zero-order valence-corrected chi connectivity index (χ0v) is 13.8. The fraction of sp³-hybridized carbons (Fsp3) is 0.294. The molecule has 0 saturated carbocycles. The lowest BCUT2D eigenvalue weighted by atomic mass is 10.2. The van der Waals surface area contributed by atoms with Gasteiger partial charge in [-0.15, -0.1) is 0 Å². The molecular weight excluding hydrogens is 316 g/mol. The van der Waals surface area contributed by atoms with Gasteiger partial charge in [0.15, 0.2) is 0 Å². The maximum Gasteiger partial charge on any atom is 0.297 e. The van der Waals surface area contributed by atoms with Gasteiger partial charge in [-0.3, -0.25) is 4.18 Å². The SMILES string of the molecule is Cc1ccccc1S(=O)(=O)OCCOCCOc1ccccc1. The molecule has 6 heteroatoms. The first-order valence-corrected chi connectivity index (χ1v) is 8.71. The van der Waals surface area contributed by atoms with E-state index in [9.17, 15) is 8.42 Å². The molecule has 0 amide bonds. The Kier molecular flexibility index (Phi) is 6.58. The van der Waals surface area contributed by atoms with Crippen molar-refractivity contribution in [3.05, 3.63) is 60.2 Å². The molecule has 0 fully saturated rings. The van der Waals surface area contributed by atoms with Crippen LogP contribution in [0.15, 0.2) is 59.5 Å². The lowest BCUT2D eigenvalue weighted by Gasteiger charge is -2.09. The van der Waals surface area contributed by atoms with Gasteiger partial charge in [-0.25, -0.2) is 0 Å². The van der Waals surface area contributed by atoms with E-state index >= 15 is 0 Å². The number of rotatable bonds is 9. The molecule has 0 unspecified atom stereocenters. The van der Waals surface area contributed by atoms with Gasteiger partial charge in [-0.1, -0.05) is 36.4 Å².